The van der Waals surface area contributed by atoms with Crippen LogP contribution in [0, 0.1) is 0 Å². The molecule has 1 aromatic heterocycles. The molecule has 122 valence electrons. The average Bonchev–Trinajstić information content (AvgIpc) is 3.01. The largest absolute Gasteiger partial charge is 0.343 e. The number of imidazole rings is 1. The number of aromatic nitrogens is 2. The molecule has 2 unspecified atom stereocenters. The van der Waals surface area contributed by atoms with E-state index in [1.807, 2.05) is 43.3 Å². The Morgan fingerprint density at radius 3 is 2.50 bits per heavy atom. The minimum absolute atomic E-state index is 0.108. The van der Waals surface area contributed by atoms with Crippen LogP contribution in [0.1, 0.15) is 37.3 Å². The molecular weight excluding hydrogens is 298 g/mol. The Bertz CT molecular complexity index is 867. The smallest absolute Gasteiger partial charge is 0.243 e. The maximum Gasteiger partial charge on any atom is 0.243 e. The fourth-order valence-corrected chi connectivity index (χ4v) is 2.99. The topological polar surface area (TPSA) is 46.9 Å². The number of carbonyl (C=O) groups excluding carboxylic acids is 1. The Morgan fingerprint density at radius 2 is 1.79 bits per heavy atom. The van der Waals surface area contributed by atoms with Crippen molar-refractivity contribution in [1.82, 2.24) is 14.9 Å². The molecule has 1 heterocycles. The van der Waals surface area contributed by atoms with Gasteiger partial charge in [-0.25, -0.2) is 4.98 Å². The normalized spacial score (nSPS) is 13.4. The number of fused-ring (bicyclic) bond motifs is 1. The fraction of sp³-hybridized carbons (Fsp3) is 0.200. The van der Waals surface area contributed by atoms with Crippen molar-refractivity contribution in [3.8, 4) is 0 Å². The number of nitrogens with one attached hydrogen (secondary N) is 1. The summed E-state index contributed by atoms with van der Waals surface area (Å²) in [5.41, 5.74) is 3.18. The van der Waals surface area contributed by atoms with E-state index in [9.17, 15) is 4.79 Å². The van der Waals surface area contributed by atoms with E-state index in [4.69, 9.17) is 4.98 Å². The van der Waals surface area contributed by atoms with E-state index >= 15 is 0 Å². The molecule has 2 atom stereocenters. The van der Waals surface area contributed by atoms with Gasteiger partial charge in [0.15, 0.2) is 0 Å². The lowest BCUT2D eigenvalue weighted by Gasteiger charge is -2.21. The third-order valence-corrected chi connectivity index (χ3v) is 4.22. The number of amides is 1. The van der Waals surface area contributed by atoms with Gasteiger partial charge in [-0.3, -0.25) is 4.79 Å². The second-order valence-electron chi connectivity index (χ2n) is 5.85. The quantitative estimate of drug-likeness (QED) is 0.722. The number of benzene rings is 2. The third kappa shape index (κ3) is 2.95. The summed E-state index contributed by atoms with van der Waals surface area (Å²) in [6, 6.07) is 18.2. The summed E-state index contributed by atoms with van der Waals surface area (Å²) in [7, 11) is 0. The van der Waals surface area contributed by atoms with Gasteiger partial charge in [-0.2, -0.15) is 0 Å². The van der Waals surface area contributed by atoms with Crippen molar-refractivity contribution in [3.63, 3.8) is 0 Å². The molecule has 0 spiro atoms. The molecular formula is C20H21N3O. The molecule has 3 rings (SSSR count). The maximum absolute atomic E-state index is 11.7. The van der Waals surface area contributed by atoms with E-state index in [2.05, 4.69) is 41.6 Å². The van der Waals surface area contributed by atoms with Gasteiger partial charge in [0.2, 0.25) is 5.91 Å². The zero-order valence-electron chi connectivity index (χ0n) is 13.9. The van der Waals surface area contributed by atoms with Crippen LogP contribution in [0.3, 0.4) is 0 Å². The lowest BCUT2D eigenvalue weighted by atomic mass is 10.1. The van der Waals surface area contributed by atoms with Crippen LogP contribution in [-0.4, -0.2) is 15.5 Å². The summed E-state index contributed by atoms with van der Waals surface area (Å²) in [4.78, 5) is 16.5. The highest BCUT2D eigenvalue weighted by molar-refractivity contribution is 5.87. The van der Waals surface area contributed by atoms with Gasteiger partial charge in [0.25, 0.3) is 0 Å². The maximum atomic E-state index is 11.7. The second kappa shape index (κ2) is 6.71. The molecule has 0 aliphatic rings. The van der Waals surface area contributed by atoms with Crippen LogP contribution in [0.2, 0.25) is 0 Å². The van der Waals surface area contributed by atoms with Crippen molar-refractivity contribution in [2.75, 3.05) is 0 Å². The van der Waals surface area contributed by atoms with Crippen LogP contribution in [0.25, 0.3) is 11.0 Å². The zero-order chi connectivity index (χ0) is 17.1. The van der Waals surface area contributed by atoms with E-state index in [0.29, 0.717) is 0 Å². The van der Waals surface area contributed by atoms with Crippen molar-refractivity contribution in [2.45, 2.75) is 25.9 Å². The minimum Gasteiger partial charge on any atom is -0.343 e. The van der Waals surface area contributed by atoms with Crippen LogP contribution in [0.4, 0.5) is 0 Å². The van der Waals surface area contributed by atoms with Crippen molar-refractivity contribution < 1.29 is 4.79 Å². The van der Waals surface area contributed by atoms with E-state index in [1.54, 1.807) is 0 Å². The van der Waals surface area contributed by atoms with E-state index in [1.165, 1.54) is 11.6 Å². The predicted molar refractivity (Wildman–Crippen MR) is 96.7 cm³/mol. The predicted octanol–water partition coefficient (Wildman–Crippen LogP) is 4.01. The molecule has 0 saturated carbocycles. The first-order valence-corrected chi connectivity index (χ1v) is 8.06. The highest BCUT2D eigenvalue weighted by atomic mass is 16.1. The molecule has 4 nitrogen and oxygen atoms in total. The van der Waals surface area contributed by atoms with Crippen molar-refractivity contribution in [2.24, 2.45) is 0 Å². The Kier molecular flexibility index (Phi) is 4.47. The molecule has 1 N–H and O–H groups in total. The molecule has 0 saturated heterocycles. The summed E-state index contributed by atoms with van der Waals surface area (Å²) in [5, 5.41) is 2.91. The molecule has 0 fully saturated rings. The SMILES string of the molecule is C=CC(=O)NC(C)c1nc2ccccc2n1C(C)c1ccccc1. The molecule has 24 heavy (non-hydrogen) atoms. The number of carbonyl (C=O) groups is 1. The Labute approximate surface area is 141 Å². The molecule has 0 bridgehead atoms. The van der Waals surface area contributed by atoms with Gasteiger partial charge in [0.1, 0.15) is 5.82 Å². The first-order chi connectivity index (χ1) is 11.6. The van der Waals surface area contributed by atoms with Crippen LogP contribution < -0.4 is 5.32 Å². The molecule has 4 heteroatoms. The summed E-state index contributed by atoms with van der Waals surface area (Å²) < 4.78 is 2.19. The summed E-state index contributed by atoms with van der Waals surface area (Å²) in [5.74, 6) is 0.635. The van der Waals surface area contributed by atoms with Crippen molar-refractivity contribution in [3.05, 3.63) is 78.6 Å². The van der Waals surface area contributed by atoms with Gasteiger partial charge >= 0.3 is 0 Å². The second-order valence-corrected chi connectivity index (χ2v) is 5.85. The zero-order valence-corrected chi connectivity index (χ0v) is 13.9. The number of hydrogen-bond donors (Lipinski definition) is 1. The molecule has 2 aromatic carbocycles. The van der Waals surface area contributed by atoms with Crippen LogP contribution in [-0.2, 0) is 4.79 Å². The monoisotopic (exact) mass is 319 g/mol. The minimum atomic E-state index is -0.214. The lowest BCUT2D eigenvalue weighted by Crippen LogP contribution is -2.27. The van der Waals surface area contributed by atoms with Gasteiger partial charge < -0.3 is 9.88 Å². The Hall–Kier alpha value is -2.88. The molecule has 1 amide bonds. The molecule has 3 aromatic rings. The summed E-state index contributed by atoms with van der Waals surface area (Å²) >= 11 is 0. The van der Waals surface area contributed by atoms with Crippen molar-refractivity contribution in [1.29, 1.82) is 0 Å². The molecule has 0 aliphatic heterocycles. The Morgan fingerprint density at radius 1 is 1.12 bits per heavy atom. The fourth-order valence-electron chi connectivity index (χ4n) is 2.99. The summed E-state index contributed by atoms with van der Waals surface area (Å²) in [6.07, 6.45) is 1.28. The Balaban J connectivity index is 2.12. The van der Waals surface area contributed by atoms with Gasteiger partial charge in [0, 0.05) is 0 Å². The first-order valence-electron chi connectivity index (χ1n) is 8.06. The lowest BCUT2D eigenvalue weighted by molar-refractivity contribution is -0.117. The van der Waals surface area contributed by atoms with E-state index < -0.39 is 0 Å². The number of nitrogens with zero attached hydrogens (tertiary/aromatic N) is 2. The van der Waals surface area contributed by atoms with E-state index in [0.717, 1.165) is 16.9 Å². The van der Waals surface area contributed by atoms with E-state index in [-0.39, 0.29) is 18.0 Å². The van der Waals surface area contributed by atoms with Crippen LogP contribution in [0.15, 0.2) is 67.3 Å². The average molecular weight is 319 g/mol. The molecule has 0 aliphatic carbocycles. The molecule has 0 radical (unpaired) electrons. The van der Waals surface area contributed by atoms with Gasteiger partial charge in [0.05, 0.1) is 23.1 Å². The number of para-hydroxylation sites is 2. The number of hydrogen-bond acceptors (Lipinski definition) is 2. The standard InChI is InChI=1S/C20H21N3O/c1-4-19(24)21-14(2)20-22-17-12-8-9-13-18(17)23(20)15(3)16-10-6-5-7-11-16/h4-15H,1H2,2-3H3,(H,21,24). The van der Waals surface area contributed by atoms with Crippen LogP contribution >= 0.6 is 0 Å². The highest BCUT2D eigenvalue weighted by Crippen LogP contribution is 2.28. The first kappa shape index (κ1) is 16.0. The van der Waals surface area contributed by atoms with Crippen molar-refractivity contribution >= 4 is 16.9 Å². The van der Waals surface area contributed by atoms with Gasteiger partial charge in [-0.15, -0.1) is 0 Å². The summed E-state index contributed by atoms with van der Waals surface area (Å²) in [6.45, 7) is 7.61. The van der Waals surface area contributed by atoms with Gasteiger partial charge in [-0.05, 0) is 37.6 Å². The third-order valence-electron chi connectivity index (χ3n) is 4.22. The van der Waals surface area contributed by atoms with Crippen LogP contribution in [0.5, 0.6) is 0 Å². The van der Waals surface area contributed by atoms with Gasteiger partial charge in [-0.1, -0.05) is 49.0 Å². The highest BCUT2D eigenvalue weighted by Gasteiger charge is 2.21. The number of rotatable bonds is 5.